The number of nitrogens with zero attached hydrogens (tertiary/aromatic N) is 4. The van der Waals surface area contributed by atoms with Crippen LogP contribution < -0.4 is 5.32 Å². The Kier molecular flexibility index (Phi) is 8.37. The third kappa shape index (κ3) is 7.13. The summed E-state index contributed by atoms with van der Waals surface area (Å²) in [6, 6.07) is 0.582. The molecule has 0 radical (unpaired) electrons. The Bertz CT molecular complexity index is 528. The van der Waals surface area contributed by atoms with Crippen molar-refractivity contribution in [2.75, 3.05) is 66.6 Å². The molecule has 0 bridgehead atoms. The first kappa shape index (κ1) is 22.7. The molecule has 2 aliphatic rings. The molecule has 0 aromatic carbocycles. The first-order valence-corrected chi connectivity index (χ1v) is 10.4. The number of hydrogen-bond donors (Lipinski definition) is 1. The zero-order chi connectivity index (χ0) is 20.7. The number of morpholine rings is 1. The van der Waals surface area contributed by atoms with E-state index in [0.29, 0.717) is 12.6 Å². The molecule has 2 unspecified atom stereocenters. The second-order valence-electron chi connectivity index (χ2n) is 8.93. The fourth-order valence-corrected chi connectivity index (χ4v) is 3.72. The van der Waals surface area contributed by atoms with Crippen LogP contribution in [0.15, 0.2) is 4.99 Å². The molecule has 0 spiro atoms. The molecular weight excluding hydrogens is 358 g/mol. The van der Waals surface area contributed by atoms with Crippen LogP contribution in [-0.2, 0) is 9.47 Å². The van der Waals surface area contributed by atoms with E-state index in [1.807, 2.05) is 27.8 Å². The summed E-state index contributed by atoms with van der Waals surface area (Å²) in [5.74, 6) is 1.23. The van der Waals surface area contributed by atoms with Crippen molar-refractivity contribution in [1.29, 1.82) is 0 Å². The minimum Gasteiger partial charge on any atom is -0.444 e. The van der Waals surface area contributed by atoms with Crippen molar-refractivity contribution in [2.24, 2.45) is 10.9 Å². The number of guanidine groups is 1. The first-order valence-electron chi connectivity index (χ1n) is 10.4. The fraction of sp³-hybridized carbons (Fsp3) is 0.900. The molecule has 162 valence electrons. The standard InChI is InChI=1S/C20H39N5O3/c1-16(14-23(6)19(26)28-20(2,3)4)13-22-18(21-5)25-8-7-17(15-25)24-9-11-27-12-10-24/h16-17H,7-15H2,1-6H3,(H,21,22). The van der Waals surface area contributed by atoms with Crippen molar-refractivity contribution < 1.29 is 14.3 Å². The molecule has 2 fully saturated rings. The van der Waals surface area contributed by atoms with Gasteiger partial charge in [0, 0.05) is 59.4 Å². The Hall–Kier alpha value is -1.54. The maximum Gasteiger partial charge on any atom is 0.410 e. The third-order valence-corrected chi connectivity index (χ3v) is 5.14. The molecule has 0 aromatic heterocycles. The number of carbonyl (C=O) groups is 1. The molecule has 0 saturated carbocycles. The summed E-state index contributed by atoms with van der Waals surface area (Å²) >= 11 is 0. The maximum atomic E-state index is 12.1. The molecule has 1 amide bonds. The molecule has 8 nitrogen and oxygen atoms in total. The topological polar surface area (TPSA) is 69.6 Å². The van der Waals surface area contributed by atoms with Crippen molar-refractivity contribution >= 4 is 12.1 Å². The minimum absolute atomic E-state index is 0.281. The van der Waals surface area contributed by atoms with Gasteiger partial charge in [0.2, 0.25) is 0 Å². The van der Waals surface area contributed by atoms with Crippen LogP contribution in [0.2, 0.25) is 0 Å². The van der Waals surface area contributed by atoms with Crippen molar-refractivity contribution in [1.82, 2.24) is 20.0 Å². The number of amides is 1. The number of ether oxygens (including phenoxy) is 2. The van der Waals surface area contributed by atoms with Gasteiger partial charge in [-0.25, -0.2) is 4.79 Å². The molecule has 2 heterocycles. The Morgan fingerprint density at radius 3 is 2.61 bits per heavy atom. The second kappa shape index (κ2) is 10.3. The van der Waals surface area contributed by atoms with Gasteiger partial charge in [0.25, 0.3) is 0 Å². The number of nitrogens with one attached hydrogen (secondary N) is 1. The molecule has 28 heavy (non-hydrogen) atoms. The van der Waals surface area contributed by atoms with Crippen LogP contribution in [0, 0.1) is 5.92 Å². The lowest BCUT2D eigenvalue weighted by atomic mass is 10.1. The average Bonchev–Trinajstić information content (AvgIpc) is 3.11. The lowest BCUT2D eigenvalue weighted by molar-refractivity contribution is 0.0195. The zero-order valence-electron chi connectivity index (χ0n) is 18.5. The fourth-order valence-electron chi connectivity index (χ4n) is 3.72. The summed E-state index contributed by atoms with van der Waals surface area (Å²) < 4.78 is 10.9. The third-order valence-electron chi connectivity index (χ3n) is 5.14. The van der Waals surface area contributed by atoms with Gasteiger partial charge in [-0.3, -0.25) is 9.89 Å². The van der Waals surface area contributed by atoms with Gasteiger partial charge < -0.3 is 24.6 Å². The SMILES string of the molecule is CN=C(NCC(C)CN(C)C(=O)OC(C)(C)C)N1CCC(N2CCOCC2)C1. The van der Waals surface area contributed by atoms with E-state index in [4.69, 9.17) is 9.47 Å². The smallest absolute Gasteiger partial charge is 0.410 e. The molecule has 2 aliphatic heterocycles. The molecule has 8 heteroatoms. The first-order chi connectivity index (χ1) is 13.2. The number of likely N-dealkylation sites (tertiary alicyclic amines) is 1. The zero-order valence-corrected chi connectivity index (χ0v) is 18.5. The highest BCUT2D eigenvalue weighted by Gasteiger charge is 2.30. The normalized spacial score (nSPS) is 22.9. The molecule has 2 atom stereocenters. The van der Waals surface area contributed by atoms with Crippen molar-refractivity contribution in [3.05, 3.63) is 0 Å². The molecule has 0 aliphatic carbocycles. The van der Waals surface area contributed by atoms with E-state index in [1.165, 1.54) is 0 Å². The van der Waals surface area contributed by atoms with Gasteiger partial charge in [0.1, 0.15) is 5.60 Å². The predicted octanol–water partition coefficient (Wildman–Crippen LogP) is 1.47. The summed E-state index contributed by atoms with van der Waals surface area (Å²) in [4.78, 5) is 23.1. The van der Waals surface area contributed by atoms with Gasteiger partial charge in [-0.15, -0.1) is 0 Å². The van der Waals surface area contributed by atoms with Gasteiger partial charge in [-0.2, -0.15) is 0 Å². The Labute approximate surface area is 170 Å². The number of hydrogen-bond acceptors (Lipinski definition) is 5. The Balaban J connectivity index is 1.75. The minimum atomic E-state index is -0.471. The van der Waals surface area contributed by atoms with E-state index in [-0.39, 0.29) is 12.0 Å². The monoisotopic (exact) mass is 397 g/mol. The second-order valence-corrected chi connectivity index (χ2v) is 8.93. The summed E-state index contributed by atoms with van der Waals surface area (Å²) in [7, 11) is 3.62. The van der Waals surface area contributed by atoms with Crippen LogP contribution >= 0.6 is 0 Å². The predicted molar refractivity (Wildman–Crippen MR) is 112 cm³/mol. The van der Waals surface area contributed by atoms with Crippen LogP contribution in [0.4, 0.5) is 4.79 Å². The van der Waals surface area contributed by atoms with E-state index < -0.39 is 5.60 Å². The lowest BCUT2D eigenvalue weighted by Crippen LogP contribution is -2.47. The quantitative estimate of drug-likeness (QED) is 0.560. The Morgan fingerprint density at radius 2 is 2.00 bits per heavy atom. The van der Waals surface area contributed by atoms with E-state index in [9.17, 15) is 4.79 Å². The maximum absolute atomic E-state index is 12.1. The highest BCUT2D eigenvalue weighted by molar-refractivity contribution is 5.80. The number of rotatable bonds is 5. The van der Waals surface area contributed by atoms with Gasteiger partial charge in [-0.05, 0) is 33.1 Å². The lowest BCUT2D eigenvalue weighted by Gasteiger charge is -2.32. The largest absolute Gasteiger partial charge is 0.444 e. The Morgan fingerprint density at radius 1 is 1.32 bits per heavy atom. The van der Waals surface area contributed by atoms with Crippen LogP contribution in [0.25, 0.3) is 0 Å². The van der Waals surface area contributed by atoms with Crippen LogP contribution in [0.5, 0.6) is 0 Å². The summed E-state index contributed by atoms with van der Waals surface area (Å²) in [6.45, 7) is 14.9. The van der Waals surface area contributed by atoms with Crippen molar-refractivity contribution in [3.63, 3.8) is 0 Å². The summed E-state index contributed by atoms with van der Waals surface area (Å²) in [5, 5.41) is 3.48. The number of carbonyl (C=O) groups excluding carboxylic acids is 1. The van der Waals surface area contributed by atoms with E-state index in [0.717, 1.165) is 58.3 Å². The molecule has 0 aromatic rings. The van der Waals surface area contributed by atoms with Crippen LogP contribution in [0.3, 0.4) is 0 Å². The summed E-state index contributed by atoms with van der Waals surface area (Å²) in [6.07, 6.45) is 0.883. The molecule has 1 N–H and O–H groups in total. The highest BCUT2D eigenvalue weighted by Crippen LogP contribution is 2.17. The number of aliphatic imine (C=N–C) groups is 1. The van der Waals surface area contributed by atoms with E-state index >= 15 is 0 Å². The molecule has 2 saturated heterocycles. The van der Waals surface area contributed by atoms with Crippen LogP contribution in [-0.4, -0.2) is 105 Å². The molecule has 2 rings (SSSR count). The highest BCUT2D eigenvalue weighted by atomic mass is 16.6. The van der Waals surface area contributed by atoms with Gasteiger partial charge in [0.05, 0.1) is 13.2 Å². The van der Waals surface area contributed by atoms with Gasteiger partial charge in [-0.1, -0.05) is 6.92 Å². The van der Waals surface area contributed by atoms with Crippen molar-refractivity contribution in [3.8, 4) is 0 Å². The van der Waals surface area contributed by atoms with Gasteiger partial charge >= 0.3 is 6.09 Å². The van der Waals surface area contributed by atoms with Gasteiger partial charge in [0.15, 0.2) is 5.96 Å². The summed E-state index contributed by atoms with van der Waals surface area (Å²) in [5.41, 5.74) is -0.471. The van der Waals surface area contributed by atoms with E-state index in [2.05, 4.69) is 27.0 Å². The molecular formula is C20H39N5O3. The average molecular weight is 398 g/mol. The van der Waals surface area contributed by atoms with Crippen LogP contribution in [0.1, 0.15) is 34.1 Å². The van der Waals surface area contributed by atoms with Crippen molar-refractivity contribution in [2.45, 2.75) is 45.8 Å². The van der Waals surface area contributed by atoms with E-state index in [1.54, 1.807) is 11.9 Å².